The zero-order valence-corrected chi connectivity index (χ0v) is 12.5. The Balaban J connectivity index is 1.87. The lowest BCUT2D eigenvalue weighted by molar-refractivity contribution is 0.318. The van der Waals surface area contributed by atoms with E-state index in [1.807, 2.05) is 12.1 Å². The quantitative estimate of drug-likeness (QED) is 0.789. The van der Waals surface area contributed by atoms with Crippen molar-refractivity contribution in [2.45, 2.75) is 51.5 Å². The molecule has 0 spiro atoms. The van der Waals surface area contributed by atoms with Crippen molar-refractivity contribution in [3.63, 3.8) is 0 Å². The van der Waals surface area contributed by atoms with Crippen LogP contribution in [0.25, 0.3) is 0 Å². The van der Waals surface area contributed by atoms with Gasteiger partial charge in [-0.1, -0.05) is 35.7 Å². The third-order valence-electron chi connectivity index (χ3n) is 3.83. The standard InChI is InChI=1S/C15H21BrFN/c1-2-3-11-4-7-13(8-5-11)18-15-9-6-12(16)10-14(15)17/h6,9-11,13,18H,2-5,7-8H2,1H3. The Morgan fingerprint density at radius 2 is 2.00 bits per heavy atom. The van der Waals surface area contributed by atoms with Crippen molar-refractivity contribution in [1.82, 2.24) is 0 Å². The monoisotopic (exact) mass is 313 g/mol. The molecule has 0 heterocycles. The number of halogens is 2. The Morgan fingerprint density at radius 3 is 2.61 bits per heavy atom. The molecule has 0 aromatic heterocycles. The number of rotatable bonds is 4. The van der Waals surface area contributed by atoms with Crippen molar-refractivity contribution in [3.8, 4) is 0 Å². The third kappa shape index (κ3) is 3.71. The van der Waals surface area contributed by atoms with Gasteiger partial charge in [-0.3, -0.25) is 0 Å². The van der Waals surface area contributed by atoms with E-state index < -0.39 is 0 Å². The average Bonchev–Trinajstić information content (AvgIpc) is 2.35. The highest BCUT2D eigenvalue weighted by atomic mass is 79.9. The summed E-state index contributed by atoms with van der Waals surface area (Å²) in [4.78, 5) is 0. The van der Waals surface area contributed by atoms with Gasteiger partial charge in [0.05, 0.1) is 5.69 Å². The van der Waals surface area contributed by atoms with Crippen molar-refractivity contribution in [3.05, 3.63) is 28.5 Å². The molecule has 18 heavy (non-hydrogen) atoms. The predicted octanol–water partition coefficient (Wildman–Crippen LogP) is 5.36. The summed E-state index contributed by atoms with van der Waals surface area (Å²) in [6.07, 6.45) is 7.52. The van der Waals surface area contributed by atoms with Crippen molar-refractivity contribution < 1.29 is 4.39 Å². The SMILES string of the molecule is CCCC1CCC(Nc2ccc(Br)cc2F)CC1. The first-order valence-corrected chi connectivity index (χ1v) is 7.70. The lowest BCUT2D eigenvalue weighted by atomic mass is 9.83. The fraction of sp³-hybridized carbons (Fsp3) is 0.600. The van der Waals surface area contributed by atoms with Gasteiger partial charge in [0.25, 0.3) is 0 Å². The second-order valence-electron chi connectivity index (χ2n) is 5.27. The van der Waals surface area contributed by atoms with Gasteiger partial charge in [0, 0.05) is 10.5 Å². The van der Waals surface area contributed by atoms with Crippen LogP contribution in [0.3, 0.4) is 0 Å². The largest absolute Gasteiger partial charge is 0.380 e. The number of hydrogen-bond donors (Lipinski definition) is 1. The summed E-state index contributed by atoms with van der Waals surface area (Å²) in [7, 11) is 0. The van der Waals surface area contributed by atoms with Gasteiger partial charge in [-0.2, -0.15) is 0 Å². The molecule has 1 saturated carbocycles. The highest BCUT2D eigenvalue weighted by Crippen LogP contribution is 2.30. The second kappa shape index (κ2) is 6.55. The topological polar surface area (TPSA) is 12.0 Å². The minimum Gasteiger partial charge on any atom is -0.380 e. The third-order valence-corrected chi connectivity index (χ3v) is 4.33. The van der Waals surface area contributed by atoms with Gasteiger partial charge in [0.15, 0.2) is 0 Å². The number of anilines is 1. The summed E-state index contributed by atoms with van der Waals surface area (Å²) in [5.74, 6) is 0.725. The molecule has 1 aromatic carbocycles. The first kappa shape index (κ1) is 13.9. The molecule has 1 fully saturated rings. The van der Waals surface area contributed by atoms with E-state index >= 15 is 0 Å². The van der Waals surface area contributed by atoms with Gasteiger partial charge in [-0.05, 0) is 49.8 Å². The van der Waals surface area contributed by atoms with E-state index in [1.54, 1.807) is 0 Å². The Hall–Kier alpha value is -0.570. The molecule has 0 aliphatic heterocycles. The Morgan fingerprint density at radius 1 is 1.28 bits per heavy atom. The van der Waals surface area contributed by atoms with Crippen LogP contribution in [-0.4, -0.2) is 6.04 Å². The summed E-state index contributed by atoms with van der Waals surface area (Å²) in [5, 5.41) is 3.34. The van der Waals surface area contributed by atoms with Crippen LogP contribution in [0.15, 0.2) is 22.7 Å². The van der Waals surface area contributed by atoms with Gasteiger partial charge in [-0.15, -0.1) is 0 Å². The maximum Gasteiger partial charge on any atom is 0.147 e. The lowest BCUT2D eigenvalue weighted by Crippen LogP contribution is -2.26. The molecular formula is C15H21BrFN. The van der Waals surface area contributed by atoms with E-state index in [0.717, 1.165) is 10.4 Å². The molecule has 0 bridgehead atoms. The number of nitrogens with one attached hydrogen (secondary N) is 1. The molecule has 1 aliphatic rings. The molecule has 1 aliphatic carbocycles. The summed E-state index contributed by atoms with van der Waals surface area (Å²) < 4.78 is 14.5. The Kier molecular flexibility index (Phi) is 5.04. The molecular weight excluding hydrogens is 293 g/mol. The van der Waals surface area contributed by atoms with Crippen LogP contribution >= 0.6 is 15.9 Å². The molecule has 0 unspecified atom stereocenters. The fourth-order valence-electron chi connectivity index (χ4n) is 2.83. The van der Waals surface area contributed by atoms with Crippen LogP contribution in [0, 0.1) is 11.7 Å². The predicted molar refractivity (Wildman–Crippen MR) is 78.4 cm³/mol. The molecule has 1 aromatic rings. The molecule has 0 radical (unpaired) electrons. The van der Waals surface area contributed by atoms with E-state index in [4.69, 9.17) is 0 Å². The summed E-state index contributed by atoms with van der Waals surface area (Å²) in [5.41, 5.74) is 0.636. The zero-order valence-electron chi connectivity index (χ0n) is 10.9. The van der Waals surface area contributed by atoms with E-state index in [2.05, 4.69) is 28.2 Å². The molecule has 0 amide bonds. The number of benzene rings is 1. The van der Waals surface area contributed by atoms with Crippen molar-refractivity contribution in [1.29, 1.82) is 0 Å². The summed E-state index contributed by atoms with van der Waals surface area (Å²) in [6, 6.07) is 5.66. The lowest BCUT2D eigenvalue weighted by Gasteiger charge is -2.29. The molecule has 2 rings (SSSR count). The maximum atomic E-state index is 13.7. The maximum absolute atomic E-state index is 13.7. The molecule has 0 atom stereocenters. The van der Waals surface area contributed by atoms with E-state index in [1.165, 1.54) is 44.6 Å². The van der Waals surface area contributed by atoms with Gasteiger partial charge in [-0.25, -0.2) is 4.39 Å². The normalized spacial score (nSPS) is 23.9. The van der Waals surface area contributed by atoms with Gasteiger partial charge >= 0.3 is 0 Å². The van der Waals surface area contributed by atoms with Crippen LogP contribution in [0.5, 0.6) is 0 Å². The van der Waals surface area contributed by atoms with E-state index in [-0.39, 0.29) is 5.82 Å². The minimum absolute atomic E-state index is 0.167. The summed E-state index contributed by atoms with van der Waals surface area (Å²) >= 11 is 3.28. The first-order valence-electron chi connectivity index (χ1n) is 6.90. The van der Waals surface area contributed by atoms with Crippen molar-refractivity contribution >= 4 is 21.6 Å². The summed E-state index contributed by atoms with van der Waals surface area (Å²) in [6.45, 7) is 2.25. The van der Waals surface area contributed by atoms with Gasteiger partial charge in [0.2, 0.25) is 0 Å². The molecule has 1 N–H and O–H groups in total. The van der Waals surface area contributed by atoms with Gasteiger partial charge in [0.1, 0.15) is 5.82 Å². The van der Waals surface area contributed by atoms with Gasteiger partial charge < -0.3 is 5.32 Å². The van der Waals surface area contributed by atoms with Crippen LogP contribution in [0.4, 0.5) is 10.1 Å². The van der Waals surface area contributed by atoms with E-state index in [0.29, 0.717) is 11.7 Å². The van der Waals surface area contributed by atoms with Crippen LogP contribution in [-0.2, 0) is 0 Å². The highest BCUT2D eigenvalue weighted by molar-refractivity contribution is 9.10. The zero-order chi connectivity index (χ0) is 13.0. The highest BCUT2D eigenvalue weighted by Gasteiger charge is 2.21. The minimum atomic E-state index is -0.167. The molecule has 3 heteroatoms. The Labute approximate surface area is 117 Å². The van der Waals surface area contributed by atoms with E-state index in [9.17, 15) is 4.39 Å². The molecule has 100 valence electrons. The van der Waals surface area contributed by atoms with Crippen LogP contribution in [0.1, 0.15) is 45.4 Å². The fourth-order valence-corrected chi connectivity index (χ4v) is 3.16. The van der Waals surface area contributed by atoms with Crippen LogP contribution < -0.4 is 5.32 Å². The van der Waals surface area contributed by atoms with Crippen molar-refractivity contribution in [2.24, 2.45) is 5.92 Å². The molecule has 0 saturated heterocycles. The van der Waals surface area contributed by atoms with Crippen molar-refractivity contribution in [2.75, 3.05) is 5.32 Å². The number of hydrogen-bond acceptors (Lipinski definition) is 1. The van der Waals surface area contributed by atoms with Crippen LogP contribution in [0.2, 0.25) is 0 Å². The second-order valence-corrected chi connectivity index (χ2v) is 6.19. The Bertz CT molecular complexity index is 386. The first-order chi connectivity index (χ1) is 8.69. The smallest absolute Gasteiger partial charge is 0.147 e. The molecule has 1 nitrogen and oxygen atoms in total. The average molecular weight is 314 g/mol.